The minimum atomic E-state index is -0.282. The van der Waals surface area contributed by atoms with E-state index in [-0.39, 0.29) is 24.8 Å². The summed E-state index contributed by atoms with van der Waals surface area (Å²) in [6.07, 6.45) is 0.121. The lowest BCUT2D eigenvalue weighted by molar-refractivity contribution is -0.120. The van der Waals surface area contributed by atoms with E-state index in [1.54, 1.807) is 31.4 Å². The maximum atomic E-state index is 13.3. The van der Waals surface area contributed by atoms with Crippen molar-refractivity contribution in [2.24, 2.45) is 4.99 Å². The topological polar surface area (TPSA) is 71.0 Å². The van der Waals surface area contributed by atoms with E-state index < -0.39 is 0 Å². The summed E-state index contributed by atoms with van der Waals surface area (Å²) >= 11 is 5.01. The lowest BCUT2D eigenvalue weighted by Gasteiger charge is -2.23. The first kappa shape index (κ1) is 22.2. The van der Waals surface area contributed by atoms with Crippen molar-refractivity contribution in [2.75, 3.05) is 23.9 Å². The Morgan fingerprint density at radius 3 is 2.53 bits per heavy atom. The summed E-state index contributed by atoms with van der Waals surface area (Å²) in [5.74, 6) is 0.255. The van der Waals surface area contributed by atoms with Crippen molar-refractivity contribution in [2.45, 2.75) is 20.3 Å². The SMILES string of the molecule is COc1ccc(NC(=O)CN2C(=O)CC(c3ccc(Br)s3)=Nc3cc(C)c(C)cc32)cc1. The number of hydrogen-bond donors (Lipinski definition) is 1. The van der Waals surface area contributed by atoms with E-state index in [9.17, 15) is 9.59 Å². The van der Waals surface area contributed by atoms with Crippen LogP contribution in [0.3, 0.4) is 0 Å². The molecule has 2 aromatic carbocycles. The Morgan fingerprint density at radius 2 is 1.88 bits per heavy atom. The van der Waals surface area contributed by atoms with Gasteiger partial charge in [-0.25, -0.2) is 4.99 Å². The number of thiophene rings is 1. The van der Waals surface area contributed by atoms with Crippen molar-refractivity contribution >= 4 is 61.9 Å². The van der Waals surface area contributed by atoms with E-state index in [1.165, 1.54) is 16.2 Å². The number of fused-ring (bicyclic) bond motifs is 1. The number of aliphatic imine (C=N–C) groups is 1. The summed E-state index contributed by atoms with van der Waals surface area (Å²) in [5.41, 5.74) is 4.79. The van der Waals surface area contributed by atoms with Gasteiger partial charge in [0.15, 0.2) is 0 Å². The lowest BCUT2D eigenvalue weighted by atomic mass is 10.1. The molecule has 1 N–H and O–H groups in total. The molecule has 0 radical (unpaired) electrons. The van der Waals surface area contributed by atoms with Crippen LogP contribution in [-0.4, -0.2) is 31.2 Å². The maximum Gasteiger partial charge on any atom is 0.244 e. The monoisotopic (exact) mass is 511 g/mol. The van der Waals surface area contributed by atoms with Gasteiger partial charge in [-0.05, 0) is 89.4 Å². The van der Waals surface area contributed by atoms with Crippen molar-refractivity contribution in [3.8, 4) is 5.75 Å². The number of rotatable bonds is 5. The fourth-order valence-electron chi connectivity index (χ4n) is 3.45. The zero-order valence-corrected chi connectivity index (χ0v) is 20.3. The van der Waals surface area contributed by atoms with Gasteiger partial charge in [0.1, 0.15) is 12.3 Å². The highest BCUT2D eigenvalue weighted by Crippen LogP contribution is 2.36. The molecule has 0 aliphatic carbocycles. The molecule has 0 spiro atoms. The second-order valence-electron chi connectivity index (χ2n) is 7.52. The van der Waals surface area contributed by atoms with Gasteiger partial charge in [0.05, 0.1) is 39.3 Å². The van der Waals surface area contributed by atoms with E-state index in [0.29, 0.717) is 28.5 Å². The lowest BCUT2D eigenvalue weighted by Crippen LogP contribution is -2.38. The smallest absolute Gasteiger partial charge is 0.244 e. The van der Waals surface area contributed by atoms with Crippen LogP contribution in [0.1, 0.15) is 22.4 Å². The Labute approximate surface area is 199 Å². The van der Waals surface area contributed by atoms with Gasteiger partial charge >= 0.3 is 0 Å². The highest BCUT2D eigenvalue weighted by molar-refractivity contribution is 9.11. The summed E-state index contributed by atoms with van der Waals surface area (Å²) in [6.45, 7) is 3.90. The molecule has 1 aromatic heterocycles. The van der Waals surface area contributed by atoms with E-state index in [0.717, 1.165) is 19.8 Å². The average molecular weight is 512 g/mol. The van der Waals surface area contributed by atoms with E-state index >= 15 is 0 Å². The zero-order valence-electron chi connectivity index (χ0n) is 17.9. The number of benzene rings is 2. The van der Waals surface area contributed by atoms with Crippen LogP contribution in [0.4, 0.5) is 17.1 Å². The zero-order chi connectivity index (χ0) is 22.8. The standard InChI is InChI=1S/C24H22BrN3O3S/c1-14-10-18-20(11-15(14)2)28(13-23(29)26-16-4-6-17(31-3)7-5-16)24(30)12-19(27-18)21-8-9-22(25)32-21/h4-11H,12-13H2,1-3H3,(H,26,29). The van der Waals surface area contributed by atoms with Gasteiger partial charge in [-0.15, -0.1) is 11.3 Å². The Morgan fingerprint density at radius 1 is 1.16 bits per heavy atom. The summed E-state index contributed by atoms with van der Waals surface area (Å²) < 4.78 is 6.13. The molecule has 2 amide bonds. The molecule has 1 aliphatic rings. The third-order valence-electron chi connectivity index (χ3n) is 5.29. The molecule has 8 heteroatoms. The number of ether oxygens (including phenoxy) is 1. The second kappa shape index (κ2) is 9.26. The minimum Gasteiger partial charge on any atom is -0.497 e. The van der Waals surface area contributed by atoms with Crippen LogP contribution in [0, 0.1) is 13.8 Å². The summed E-state index contributed by atoms with van der Waals surface area (Å²) in [6, 6.07) is 14.9. The predicted molar refractivity (Wildman–Crippen MR) is 133 cm³/mol. The van der Waals surface area contributed by atoms with Crippen LogP contribution in [-0.2, 0) is 9.59 Å². The normalized spacial score (nSPS) is 13.3. The molecule has 6 nitrogen and oxygen atoms in total. The third-order valence-corrected chi connectivity index (χ3v) is 6.96. The van der Waals surface area contributed by atoms with Gasteiger partial charge in [-0.1, -0.05) is 0 Å². The molecule has 0 saturated carbocycles. The summed E-state index contributed by atoms with van der Waals surface area (Å²) in [4.78, 5) is 33.4. The van der Waals surface area contributed by atoms with Gasteiger partial charge < -0.3 is 15.0 Å². The number of aryl methyl sites for hydroxylation is 2. The number of halogens is 1. The van der Waals surface area contributed by atoms with Crippen molar-refractivity contribution in [3.05, 3.63) is 68.3 Å². The highest BCUT2D eigenvalue weighted by atomic mass is 79.9. The number of methoxy groups -OCH3 is 1. The van der Waals surface area contributed by atoms with Gasteiger partial charge in [-0.3, -0.25) is 9.59 Å². The van der Waals surface area contributed by atoms with Crippen LogP contribution < -0.4 is 15.0 Å². The van der Waals surface area contributed by atoms with E-state index in [2.05, 4.69) is 21.2 Å². The number of nitrogens with one attached hydrogen (secondary N) is 1. The van der Waals surface area contributed by atoms with Crippen molar-refractivity contribution in [3.63, 3.8) is 0 Å². The Hall–Kier alpha value is -2.97. The van der Waals surface area contributed by atoms with Crippen molar-refractivity contribution < 1.29 is 14.3 Å². The molecule has 1 aliphatic heterocycles. The number of hydrogen-bond acceptors (Lipinski definition) is 5. The second-order valence-corrected chi connectivity index (χ2v) is 9.98. The fourth-order valence-corrected chi connectivity index (χ4v) is 4.83. The molecule has 0 fully saturated rings. The average Bonchev–Trinajstić information content (AvgIpc) is 3.15. The summed E-state index contributed by atoms with van der Waals surface area (Å²) in [5, 5.41) is 2.85. The Kier molecular flexibility index (Phi) is 6.43. The van der Waals surface area contributed by atoms with Crippen LogP contribution in [0.2, 0.25) is 0 Å². The molecular formula is C24H22BrN3O3S. The molecule has 0 saturated heterocycles. The molecule has 3 aromatic rings. The van der Waals surface area contributed by atoms with Gasteiger partial charge in [0.2, 0.25) is 11.8 Å². The van der Waals surface area contributed by atoms with Crippen LogP contribution in [0.5, 0.6) is 5.75 Å². The van der Waals surface area contributed by atoms with Crippen LogP contribution >= 0.6 is 27.3 Å². The molecule has 2 heterocycles. The first-order valence-corrected chi connectivity index (χ1v) is 11.6. The van der Waals surface area contributed by atoms with Crippen molar-refractivity contribution in [1.29, 1.82) is 0 Å². The maximum absolute atomic E-state index is 13.3. The largest absolute Gasteiger partial charge is 0.497 e. The molecule has 32 heavy (non-hydrogen) atoms. The molecule has 0 unspecified atom stereocenters. The van der Waals surface area contributed by atoms with Crippen LogP contribution in [0.25, 0.3) is 0 Å². The number of nitrogens with zero attached hydrogens (tertiary/aromatic N) is 2. The number of amides is 2. The van der Waals surface area contributed by atoms with Crippen LogP contribution in [0.15, 0.2) is 57.3 Å². The molecular weight excluding hydrogens is 490 g/mol. The Bertz CT molecular complexity index is 1220. The quantitative estimate of drug-likeness (QED) is 0.482. The fraction of sp³-hybridized carbons (Fsp3) is 0.208. The first-order chi connectivity index (χ1) is 15.3. The number of anilines is 2. The molecule has 0 bridgehead atoms. The highest BCUT2D eigenvalue weighted by Gasteiger charge is 2.28. The third kappa shape index (κ3) is 4.76. The molecule has 164 valence electrons. The van der Waals surface area contributed by atoms with Gasteiger partial charge in [0, 0.05) is 5.69 Å². The Balaban J connectivity index is 1.64. The minimum absolute atomic E-state index is 0.0999. The first-order valence-electron chi connectivity index (χ1n) is 10.0. The number of carbonyl (C=O) groups is 2. The van der Waals surface area contributed by atoms with E-state index in [4.69, 9.17) is 9.73 Å². The molecule has 4 rings (SSSR count). The van der Waals surface area contributed by atoms with E-state index in [1.807, 2.05) is 38.1 Å². The molecule has 0 atom stereocenters. The van der Waals surface area contributed by atoms with Gasteiger partial charge in [0.25, 0.3) is 0 Å². The van der Waals surface area contributed by atoms with Crippen molar-refractivity contribution in [1.82, 2.24) is 0 Å². The number of carbonyl (C=O) groups excluding carboxylic acids is 2. The summed E-state index contributed by atoms with van der Waals surface area (Å²) in [7, 11) is 1.59. The van der Waals surface area contributed by atoms with Gasteiger partial charge in [-0.2, -0.15) is 0 Å². The predicted octanol–water partition coefficient (Wildman–Crippen LogP) is 5.63.